The van der Waals surface area contributed by atoms with Gasteiger partial charge in [0.2, 0.25) is 5.91 Å². The van der Waals surface area contributed by atoms with Gasteiger partial charge in [0, 0.05) is 5.56 Å². The van der Waals surface area contributed by atoms with Crippen LogP contribution in [0.2, 0.25) is 0 Å². The zero-order valence-electron chi connectivity index (χ0n) is 7.19. The summed E-state index contributed by atoms with van der Waals surface area (Å²) in [4.78, 5) is 10.8. The Hall–Kier alpha value is -1.84. The number of benzene rings is 1. The molecule has 0 heterocycles. The van der Waals surface area contributed by atoms with Crippen molar-refractivity contribution < 1.29 is 10.0 Å². The number of amides is 1. The van der Waals surface area contributed by atoms with E-state index in [2.05, 4.69) is 5.16 Å². The van der Waals surface area contributed by atoms with E-state index in [1.165, 1.54) is 6.21 Å². The van der Waals surface area contributed by atoms with Crippen LogP contribution in [0.3, 0.4) is 0 Å². The van der Waals surface area contributed by atoms with Crippen LogP contribution in [0.5, 0.6) is 0 Å². The van der Waals surface area contributed by atoms with E-state index in [0.717, 1.165) is 11.1 Å². The molecule has 1 aromatic carbocycles. The lowest BCUT2D eigenvalue weighted by Crippen LogP contribution is -2.12. The molecule has 0 spiro atoms. The molecule has 0 fully saturated rings. The number of nitrogens with two attached hydrogens (primary N) is 1. The van der Waals surface area contributed by atoms with Crippen molar-refractivity contribution in [3.8, 4) is 0 Å². The van der Waals surface area contributed by atoms with Gasteiger partial charge in [0.15, 0.2) is 0 Å². The minimum Gasteiger partial charge on any atom is -0.411 e. The molecule has 1 aromatic rings. The van der Waals surface area contributed by atoms with Crippen molar-refractivity contribution in [1.29, 1.82) is 0 Å². The van der Waals surface area contributed by atoms with Crippen LogP contribution in [0.25, 0.3) is 0 Å². The Bertz CT molecular complexity index is 359. The molecule has 0 unspecified atom stereocenters. The molecular formula is C9H10N2O2. The number of carbonyl (C=O) groups is 1. The van der Waals surface area contributed by atoms with Crippen LogP contribution >= 0.6 is 0 Å². The van der Waals surface area contributed by atoms with E-state index in [-0.39, 0.29) is 0 Å². The lowest BCUT2D eigenvalue weighted by molar-refractivity contribution is 0.0999. The third-order valence-electron chi connectivity index (χ3n) is 1.72. The molecular weight excluding hydrogens is 168 g/mol. The maximum Gasteiger partial charge on any atom is 0.248 e. The number of nitrogens with zero attached hydrogens (tertiary/aromatic N) is 1. The van der Waals surface area contributed by atoms with Gasteiger partial charge in [-0.2, -0.15) is 0 Å². The number of rotatable bonds is 2. The molecule has 0 aliphatic carbocycles. The highest BCUT2D eigenvalue weighted by Crippen LogP contribution is 2.08. The Morgan fingerprint density at radius 2 is 2.31 bits per heavy atom. The van der Waals surface area contributed by atoms with Gasteiger partial charge in [-0.25, -0.2) is 0 Å². The fourth-order valence-electron chi connectivity index (χ4n) is 1.11. The predicted octanol–water partition coefficient (Wildman–Crippen LogP) is 0.902. The van der Waals surface area contributed by atoms with Crippen LogP contribution in [0.15, 0.2) is 23.4 Å². The molecule has 68 valence electrons. The maximum atomic E-state index is 10.8. The number of hydrogen-bond donors (Lipinski definition) is 2. The third-order valence-corrected chi connectivity index (χ3v) is 1.72. The summed E-state index contributed by atoms with van der Waals surface area (Å²) in [7, 11) is 0. The monoisotopic (exact) mass is 178 g/mol. The molecule has 0 aliphatic rings. The predicted molar refractivity (Wildman–Crippen MR) is 49.1 cm³/mol. The summed E-state index contributed by atoms with van der Waals surface area (Å²) in [5.41, 5.74) is 7.09. The lowest BCUT2D eigenvalue weighted by atomic mass is 10.1. The van der Waals surface area contributed by atoms with Gasteiger partial charge in [-0.05, 0) is 30.2 Å². The highest BCUT2D eigenvalue weighted by atomic mass is 16.4. The summed E-state index contributed by atoms with van der Waals surface area (Å²) in [5.74, 6) is -0.454. The average molecular weight is 178 g/mol. The first-order chi connectivity index (χ1) is 6.15. The second-order valence-corrected chi connectivity index (χ2v) is 2.68. The van der Waals surface area contributed by atoms with Crippen molar-refractivity contribution >= 4 is 12.1 Å². The van der Waals surface area contributed by atoms with Crippen molar-refractivity contribution in [3.63, 3.8) is 0 Å². The van der Waals surface area contributed by atoms with Gasteiger partial charge < -0.3 is 10.9 Å². The number of carbonyl (C=O) groups excluding carboxylic acids is 1. The van der Waals surface area contributed by atoms with Crippen molar-refractivity contribution in [2.24, 2.45) is 10.9 Å². The molecule has 0 bridgehead atoms. The molecule has 0 saturated carbocycles. The van der Waals surface area contributed by atoms with Crippen LogP contribution in [0.1, 0.15) is 21.5 Å². The van der Waals surface area contributed by atoms with Crippen molar-refractivity contribution in [2.45, 2.75) is 6.92 Å². The van der Waals surface area contributed by atoms with Gasteiger partial charge in [-0.1, -0.05) is 11.2 Å². The molecule has 0 aliphatic heterocycles. The van der Waals surface area contributed by atoms with E-state index in [1.54, 1.807) is 25.1 Å². The minimum absolute atomic E-state index is 0.454. The summed E-state index contributed by atoms with van der Waals surface area (Å²) in [5, 5.41) is 11.1. The smallest absolute Gasteiger partial charge is 0.248 e. The quantitative estimate of drug-likeness (QED) is 0.401. The van der Waals surface area contributed by atoms with Gasteiger partial charge >= 0.3 is 0 Å². The van der Waals surface area contributed by atoms with Gasteiger partial charge in [0.05, 0.1) is 6.21 Å². The molecule has 1 amide bonds. The Morgan fingerprint density at radius 1 is 1.62 bits per heavy atom. The minimum atomic E-state index is -0.454. The second-order valence-electron chi connectivity index (χ2n) is 2.68. The number of primary amides is 1. The standard InChI is InChI=1S/C9H10N2O2/c1-6-4-7(5-11-13)2-3-8(6)9(10)12/h2-5,13H,1H3,(H2,10,12). The van der Waals surface area contributed by atoms with Gasteiger partial charge in [0.1, 0.15) is 0 Å². The highest BCUT2D eigenvalue weighted by molar-refractivity contribution is 5.95. The van der Waals surface area contributed by atoms with Crippen molar-refractivity contribution in [1.82, 2.24) is 0 Å². The zero-order valence-corrected chi connectivity index (χ0v) is 7.19. The van der Waals surface area contributed by atoms with Crippen molar-refractivity contribution in [3.05, 3.63) is 34.9 Å². The number of aryl methyl sites for hydroxylation is 1. The topological polar surface area (TPSA) is 75.7 Å². The number of oxime groups is 1. The average Bonchev–Trinajstić information content (AvgIpc) is 2.04. The van der Waals surface area contributed by atoms with E-state index in [1.807, 2.05) is 0 Å². The Morgan fingerprint density at radius 3 is 2.77 bits per heavy atom. The molecule has 0 radical (unpaired) electrons. The second kappa shape index (κ2) is 3.71. The van der Waals surface area contributed by atoms with Gasteiger partial charge in [-0.15, -0.1) is 0 Å². The fourth-order valence-corrected chi connectivity index (χ4v) is 1.11. The van der Waals surface area contributed by atoms with Crippen molar-refractivity contribution in [2.75, 3.05) is 0 Å². The molecule has 4 heteroatoms. The molecule has 0 atom stereocenters. The van der Waals surface area contributed by atoms with Gasteiger partial charge in [-0.3, -0.25) is 4.79 Å². The van der Waals surface area contributed by atoms with E-state index in [9.17, 15) is 4.79 Å². The summed E-state index contributed by atoms with van der Waals surface area (Å²) in [6.07, 6.45) is 1.29. The van der Waals surface area contributed by atoms with Crippen LogP contribution in [0, 0.1) is 6.92 Å². The highest BCUT2D eigenvalue weighted by Gasteiger charge is 2.03. The van der Waals surface area contributed by atoms with Crippen LogP contribution in [-0.4, -0.2) is 17.3 Å². The first-order valence-electron chi connectivity index (χ1n) is 3.73. The maximum absolute atomic E-state index is 10.8. The summed E-state index contributed by atoms with van der Waals surface area (Å²) in [6, 6.07) is 4.99. The largest absolute Gasteiger partial charge is 0.411 e. The SMILES string of the molecule is Cc1cc(C=NO)ccc1C(N)=O. The van der Waals surface area contributed by atoms with Crippen LogP contribution in [-0.2, 0) is 0 Å². The Kier molecular flexibility index (Phi) is 2.64. The summed E-state index contributed by atoms with van der Waals surface area (Å²) >= 11 is 0. The lowest BCUT2D eigenvalue weighted by Gasteiger charge is -2.01. The summed E-state index contributed by atoms with van der Waals surface area (Å²) in [6.45, 7) is 1.77. The third kappa shape index (κ3) is 2.05. The van der Waals surface area contributed by atoms with Crippen LogP contribution < -0.4 is 5.73 Å². The molecule has 1 rings (SSSR count). The zero-order chi connectivity index (χ0) is 9.84. The van der Waals surface area contributed by atoms with Crippen LogP contribution in [0.4, 0.5) is 0 Å². The fraction of sp³-hybridized carbons (Fsp3) is 0.111. The Balaban J connectivity index is 3.12. The van der Waals surface area contributed by atoms with E-state index in [0.29, 0.717) is 5.56 Å². The van der Waals surface area contributed by atoms with E-state index >= 15 is 0 Å². The molecule has 0 aromatic heterocycles. The molecule has 0 saturated heterocycles. The number of hydrogen-bond acceptors (Lipinski definition) is 3. The van der Waals surface area contributed by atoms with E-state index in [4.69, 9.17) is 10.9 Å². The molecule has 3 N–H and O–H groups in total. The van der Waals surface area contributed by atoms with E-state index < -0.39 is 5.91 Å². The Labute approximate surface area is 75.7 Å². The first kappa shape index (κ1) is 9.25. The normalized spacial score (nSPS) is 10.5. The summed E-state index contributed by atoms with van der Waals surface area (Å²) < 4.78 is 0. The van der Waals surface area contributed by atoms with Gasteiger partial charge in [0.25, 0.3) is 0 Å². The molecule has 4 nitrogen and oxygen atoms in total. The first-order valence-corrected chi connectivity index (χ1v) is 3.73. The molecule has 13 heavy (non-hydrogen) atoms.